The van der Waals surface area contributed by atoms with Crippen LogP contribution in [0.25, 0.3) is 5.69 Å². The molecule has 0 aliphatic rings. The van der Waals surface area contributed by atoms with E-state index in [1.807, 2.05) is 32.9 Å². The summed E-state index contributed by atoms with van der Waals surface area (Å²) >= 11 is 6.00. The van der Waals surface area contributed by atoms with E-state index in [1.165, 1.54) is 6.20 Å². The summed E-state index contributed by atoms with van der Waals surface area (Å²) in [4.78, 5) is 12.4. The van der Waals surface area contributed by atoms with Gasteiger partial charge in [0, 0.05) is 11.6 Å². The van der Waals surface area contributed by atoms with E-state index in [0.717, 1.165) is 11.4 Å². The number of amides is 1. The predicted molar refractivity (Wildman–Crippen MR) is 91.2 cm³/mol. The highest BCUT2D eigenvalue weighted by Crippen LogP contribution is 2.18. The normalized spacial score (nSPS) is 11.5. The molecule has 6 heteroatoms. The standard InChI is InChI=1S/C17H22ClN3O2/c1-4-17(23,5-2)11-19-16(22)15-10-20-21(12(15)3)14-8-6-7-13(18)9-14/h6-10,23H,4-5,11H2,1-3H3,(H,19,22). The molecule has 0 unspecified atom stereocenters. The van der Waals surface area contributed by atoms with E-state index < -0.39 is 5.60 Å². The first-order valence-corrected chi connectivity index (χ1v) is 8.09. The second-order valence-electron chi connectivity index (χ2n) is 5.65. The van der Waals surface area contributed by atoms with Crippen LogP contribution in [0.1, 0.15) is 42.7 Å². The number of carbonyl (C=O) groups is 1. The fraction of sp³-hybridized carbons (Fsp3) is 0.412. The van der Waals surface area contributed by atoms with E-state index in [4.69, 9.17) is 11.6 Å². The second-order valence-corrected chi connectivity index (χ2v) is 6.09. The van der Waals surface area contributed by atoms with Gasteiger partial charge in [-0.25, -0.2) is 4.68 Å². The summed E-state index contributed by atoms with van der Waals surface area (Å²) < 4.78 is 1.67. The molecule has 5 nitrogen and oxygen atoms in total. The number of hydrogen-bond donors (Lipinski definition) is 2. The molecule has 0 radical (unpaired) electrons. The van der Waals surface area contributed by atoms with Crippen LogP contribution in [0.3, 0.4) is 0 Å². The lowest BCUT2D eigenvalue weighted by Crippen LogP contribution is -2.42. The summed E-state index contributed by atoms with van der Waals surface area (Å²) in [7, 11) is 0. The van der Waals surface area contributed by atoms with Gasteiger partial charge in [-0.15, -0.1) is 0 Å². The van der Waals surface area contributed by atoms with Crippen molar-refractivity contribution in [3.8, 4) is 5.69 Å². The molecule has 2 N–H and O–H groups in total. The third-order valence-corrected chi connectivity index (χ3v) is 4.44. The summed E-state index contributed by atoms with van der Waals surface area (Å²) in [5.41, 5.74) is 1.14. The Morgan fingerprint density at radius 2 is 2.09 bits per heavy atom. The van der Waals surface area contributed by atoms with E-state index in [9.17, 15) is 9.90 Å². The average molecular weight is 336 g/mol. The number of rotatable bonds is 6. The Labute approximate surface area is 141 Å². The third-order valence-electron chi connectivity index (χ3n) is 4.20. The van der Waals surface area contributed by atoms with Crippen molar-refractivity contribution >= 4 is 17.5 Å². The second kappa shape index (κ2) is 7.15. The summed E-state index contributed by atoms with van der Waals surface area (Å²) in [5, 5.41) is 17.9. The molecule has 0 atom stereocenters. The number of nitrogens with zero attached hydrogens (tertiary/aromatic N) is 2. The molecule has 0 fully saturated rings. The molecule has 124 valence electrons. The Morgan fingerprint density at radius 1 is 1.39 bits per heavy atom. The smallest absolute Gasteiger partial charge is 0.254 e. The maximum Gasteiger partial charge on any atom is 0.254 e. The monoisotopic (exact) mass is 335 g/mol. The van der Waals surface area contributed by atoms with Crippen LogP contribution in [0.2, 0.25) is 5.02 Å². The molecule has 0 spiro atoms. The van der Waals surface area contributed by atoms with Crippen LogP contribution in [0.15, 0.2) is 30.5 Å². The Kier molecular flexibility index (Phi) is 5.44. The van der Waals surface area contributed by atoms with Crippen molar-refractivity contribution in [3.05, 3.63) is 46.7 Å². The Bertz CT molecular complexity index is 693. The average Bonchev–Trinajstić information content (AvgIpc) is 2.94. The topological polar surface area (TPSA) is 67.2 Å². The number of benzene rings is 1. The van der Waals surface area contributed by atoms with Crippen LogP contribution in [0.5, 0.6) is 0 Å². The van der Waals surface area contributed by atoms with Crippen LogP contribution < -0.4 is 5.32 Å². The summed E-state index contributed by atoms with van der Waals surface area (Å²) in [5.74, 6) is -0.240. The van der Waals surface area contributed by atoms with Crippen LogP contribution in [0.4, 0.5) is 0 Å². The molecule has 2 aromatic rings. The van der Waals surface area contributed by atoms with Gasteiger partial charge in [0.2, 0.25) is 0 Å². The molecule has 0 aliphatic carbocycles. The Balaban J connectivity index is 2.17. The maximum absolute atomic E-state index is 12.4. The predicted octanol–water partition coefficient (Wildman–Crippen LogP) is 3.12. The summed E-state index contributed by atoms with van der Waals surface area (Å²) in [6, 6.07) is 7.28. The first kappa shape index (κ1) is 17.5. The molecule has 0 bridgehead atoms. The van der Waals surface area contributed by atoms with E-state index in [2.05, 4.69) is 10.4 Å². The van der Waals surface area contributed by atoms with Crippen LogP contribution in [0, 0.1) is 6.92 Å². The molecule has 0 saturated heterocycles. The van der Waals surface area contributed by atoms with Gasteiger partial charge in [-0.1, -0.05) is 31.5 Å². The van der Waals surface area contributed by atoms with Gasteiger partial charge in [-0.2, -0.15) is 5.10 Å². The molecule has 0 aliphatic heterocycles. The molecular formula is C17H22ClN3O2. The van der Waals surface area contributed by atoms with E-state index >= 15 is 0 Å². The highest BCUT2D eigenvalue weighted by Gasteiger charge is 2.24. The van der Waals surface area contributed by atoms with Gasteiger partial charge in [0.15, 0.2) is 0 Å². The van der Waals surface area contributed by atoms with Crippen molar-refractivity contribution < 1.29 is 9.90 Å². The number of carbonyl (C=O) groups excluding carboxylic acids is 1. The first-order valence-electron chi connectivity index (χ1n) is 7.71. The zero-order valence-corrected chi connectivity index (χ0v) is 14.4. The van der Waals surface area contributed by atoms with Crippen molar-refractivity contribution in [2.24, 2.45) is 0 Å². The highest BCUT2D eigenvalue weighted by molar-refractivity contribution is 6.30. The number of nitrogens with one attached hydrogen (secondary N) is 1. The van der Waals surface area contributed by atoms with Gasteiger partial charge in [0.25, 0.3) is 5.91 Å². The summed E-state index contributed by atoms with van der Waals surface area (Å²) in [6.07, 6.45) is 2.71. The summed E-state index contributed by atoms with van der Waals surface area (Å²) in [6.45, 7) is 5.85. The molecule has 2 rings (SSSR count). The van der Waals surface area contributed by atoms with Crippen molar-refractivity contribution in [1.82, 2.24) is 15.1 Å². The maximum atomic E-state index is 12.4. The lowest BCUT2D eigenvalue weighted by molar-refractivity contribution is 0.0314. The zero-order valence-electron chi connectivity index (χ0n) is 13.6. The fourth-order valence-electron chi connectivity index (χ4n) is 2.34. The lowest BCUT2D eigenvalue weighted by Gasteiger charge is -2.25. The van der Waals surface area contributed by atoms with Gasteiger partial charge in [-0.05, 0) is 38.0 Å². The van der Waals surface area contributed by atoms with Crippen molar-refractivity contribution in [1.29, 1.82) is 0 Å². The van der Waals surface area contributed by atoms with Gasteiger partial charge in [0.05, 0.1) is 28.7 Å². The molecule has 0 saturated carbocycles. The van der Waals surface area contributed by atoms with Gasteiger partial charge >= 0.3 is 0 Å². The van der Waals surface area contributed by atoms with Gasteiger partial charge in [-0.3, -0.25) is 4.79 Å². The number of halogens is 1. The number of aliphatic hydroxyl groups is 1. The Morgan fingerprint density at radius 3 is 2.70 bits per heavy atom. The third kappa shape index (κ3) is 3.92. The van der Waals surface area contributed by atoms with E-state index in [-0.39, 0.29) is 12.5 Å². The van der Waals surface area contributed by atoms with Crippen molar-refractivity contribution in [2.45, 2.75) is 39.2 Å². The fourth-order valence-corrected chi connectivity index (χ4v) is 2.53. The molecule has 1 amide bonds. The minimum Gasteiger partial charge on any atom is -0.388 e. The van der Waals surface area contributed by atoms with Crippen LogP contribution in [-0.4, -0.2) is 32.9 Å². The van der Waals surface area contributed by atoms with Crippen molar-refractivity contribution in [2.75, 3.05) is 6.54 Å². The SMILES string of the molecule is CCC(O)(CC)CNC(=O)c1cnn(-c2cccc(Cl)c2)c1C. The number of hydrogen-bond acceptors (Lipinski definition) is 3. The van der Waals surface area contributed by atoms with Crippen LogP contribution in [-0.2, 0) is 0 Å². The van der Waals surface area contributed by atoms with Gasteiger partial charge in [0.1, 0.15) is 0 Å². The molecule has 23 heavy (non-hydrogen) atoms. The minimum absolute atomic E-state index is 0.223. The molecular weight excluding hydrogens is 314 g/mol. The van der Waals surface area contributed by atoms with E-state index in [0.29, 0.717) is 23.4 Å². The zero-order chi connectivity index (χ0) is 17.0. The molecule has 1 aromatic heterocycles. The first-order chi connectivity index (χ1) is 10.9. The van der Waals surface area contributed by atoms with Crippen molar-refractivity contribution in [3.63, 3.8) is 0 Å². The van der Waals surface area contributed by atoms with Crippen LogP contribution >= 0.6 is 11.6 Å². The van der Waals surface area contributed by atoms with Gasteiger partial charge < -0.3 is 10.4 Å². The Hall–Kier alpha value is -1.85. The number of aromatic nitrogens is 2. The molecule has 1 heterocycles. The van der Waals surface area contributed by atoms with E-state index in [1.54, 1.807) is 16.8 Å². The lowest BCUT2D eigenvalue weighted by atomic mass is 9.97. The highest BCUT2D eigenvalue weighted by atomic mass is 35.5. The minimum atomic E-state index is -0.869. The molecule has 1 aromatic carbocycles. The quantitative estimate of drug-likeness (QED) is 0.852. The largest absolute Gasteiger partial charge is 0.388 e.